The molecule has 0 unspecified atom stereocenters. The number of hydrogen-bond donors (Lipinski definition) is 0. The molecular formula is C7H11BN2O2. The summed E-state index contributed by atoms with van der Waals surface area (Å²) in [6.45, 7) is 2.80. The first-order valence-electron chi connectivity index (χ1n) is 3.63. The Kier molecular flexibility index (Phi) is 7.40. The minimum atomic E-state index is -0.00949. The lowest BCUT2D eigenvalue weighted by Crippen LogP contribution is -2.12. The number of ether oxygens (including phenoxy) is 1. The molecule has 0 amide bonds. The first-order valence-corrected chi connectivity index (χ1v) is 3.63. The zero-order valence-corrected chi connectivity index (χ0v) is 7.06. The summed E-state index contributed by atoms with van der Waals surface area (Å²) in [5, 5.41) is 8.20. The third-order valence-electron chi connectivity index (χ3n) is 1.11. The molecule has 0 spiro atoms. The van der Waals surface area contributed by atoms with E-state index in [1.165, 1.54) is 0 Å². The monoisotopic (exact) mass is 166 g/mol. The molecule has 0 saturated heterocycles. The van der Waals surface area contributed by atoms with Crippen LogP contribution in [0.2, 0.25) is 0 Å². The summed E-state index contributed by atoms with van der Waals surface area (Å²) >= 11 is 0. The van der Waals surface area contributed by atoms with E-state index in [9.17, 15) is 0 Å². The van der Waals surface area contributed by atoms with Crippen LogP contribution in [0.25, 0.3) is 0 Å². The molecule has 1 atom stereocenters. The first-order chi connectivity index (χ1) is 5.81. The number of rotatable bonds is 6. The molecule has 0 aliphatic heterocycles. The normalized spacial score (nSPS) is 12.7. The summed E-state index contributed by atoms with van der Waals surface area (Å²) in [6.07, 6.45) is 1.55. The van der Waals surface area contributed by atoms with Gasteiger partial charge in [-0.1, -0.05) is 0 Å². The third kappa shape index (κ3) is 7.10. The third-order valence-corrected chi connectivity index (χ3v) is 1.11. The Morgan fingerprint density at radius 2 is 2.50 bits per heavy atom. The average molecular weight is 166 g/mol. The summed E-state index contributed by atoms with van der Waals surface area (Å²) in [7, 11) is 4.70. The molecule has 0 aliphatic rings. The molecule has 12 heavy (non-hydrogen) atoms. The largest absolute Gasteiger partial charge is 0.560 e. The van der Waals surface area contributed by atoms with Crippen LogP contribution < -0.4 is 0 Å². The van der Waals surface area contributed by atoms with E-state index in [2.05, 4.69) is 9.65 Å². The molecule has 0 aromatic carbocycles. The molecule has 2 radical (unpaired) electrons. The Bertz CT molecular complexity index is 167. The second-order valence-electron chi connectivity index (χ2n) is 2.20. The molecule has 0 saturated carbocycles. The summed E-state index contributed by atoms with van der Waals surface area (Å²) in [4.78, 5) is 3.79. The molecule has 0 rings (SSSR count). The van der Waals surface area contributed by atoms with Crippen LogP contribution >= 0.6 is 0 Å². The van der Waals surface area contributed by atoms with Gasteiger partial charge in [0.1, 0.15) is 6.40 Å². The van der Waals surface area contributed by atoms with Gasteiger partial charge in [0, 0.05) is 0 Å². The van der Waals surface area contributed by atoms with Crippen molar-refractivity contribution in [1.29, 1.82) is 5.26 Å². The van der Waals surface area contributed by atoms with Crippen LogP contribution in [0.1, 0.15) is 13.3 Å². The highest BCUT2D eigenvalue weighted by Gasteiger charge is 1.98. The molecule has 5 heteroatoms. The van der Waals surface area contributed by atoms with E-state index in [-0.39, 0.29) is 6.10 Å². The Hall–Kier alpha value is -1.02. The lowest BCUT2D eigenvalue weighted by molar-refractivity contribution is 0.0765. The number of nitrogens with zero attached hydrogens (tertiary/aromatic N) is 2. The van der Waals surface area contributed by atoms with Crippen molar-refractivity contribution in [3.63, 3.8) is 0 Å². The Balaban J connectivity index is 3.28. The second kappa shape index (κ2) is 8.09. The molecule has 0 fully saturated rings. The van der Waals surface area contributed by atoms with E-state index < -0.39 is 0 Å². The number of hydrogen-bond acceptors (Lipinski definition) is 4. The summed E-state index contributed by atoms with van der Waals surface area (Å²) in [6, 6.07) is 1.98. The molecule has 0 aromatic rings. The van der Waals surface area contributed by atoms with Crippen LogP contribution in [0.3, 0.4) is 0 Å². The van der Waals surface area contributed by atoms with Gasteiger partial charge in [0.2, 0.25) is 0 Å². The maximum Gasteiger partial charge on any atom is 0.375 e. The highest BCUT2D eigenvalue weighted by atomic mass is 16.5. The summed E-state index contributed by atoms with van der Waals surface area (Å²) in [5.74, 6) is 0. The Morgan fingerprint density at radius 1 is 1.75 bits per heavy atom. The van der Waals surface area contributed by atoms with Crippen molar-refractivity contribution in [2.24, 2.45) is 4.99 Å². The fourth-order valence-electron chi connectivity index (χ4n) is 0.593. The van der Waals surface area contributed by atoms with Gasteiger partial charge in [-0.3, -0.25) is 4.99 Å². The topological polar surface area (TPSA) is 54.6 Å². The molecule has 0 heterocycles. The van der Waals surface area contributed by atoms with E-state index in [1.54, 1.807) is 0 Å². The van der Waals surface area contributed by atoms with Crippen molar-refractivity contribution < 1.29 is 9.39 Å². The Morgan fingerprint density at radius 3 is 3.08 bits per heavy atom. The van der Waals surface area contributed by atoms with Crippen molar-refractivity contribution in [2.75, 3.05) is 13.2 Å². The fraction of sp³-hybridized carbons (Fsp3) is 0.714. The molecule has 64 valence electrons. The maximum atomic E-state index is 8.20. The Labute approximate surface area is 73.6 Å². The lowest BCUT2D eigenvalue weighted by Gasteiger charge is -2.07. The van der Waals surface area contributed by atoms with Crippen molar-refractivity contribution >= 4 is 14.4 Å². The highest BCUT2D eigenvalue weighted by molar-refractivity contribution is 6.02. The standard InChI is InChI=1S/C7H11BN2O2/c1-7(5-10-6-12-8)11-4-2-3-9/h6-7H,2,4-5H2,1H3/t7-/m1/s1. The fourth-order valence-corrected chi connectivity index (χ4v) is 0.593. The second-order valence-corrected chi connectivity index (χ2v) is 2.20. The number of nitriles is 1. The summed E-state index contributed by atoms with van der Waals surface area (Å²) in [5.41, 5.74) is 0. The molecule has 0 aromatic heterocycles. The smallest absolute Gasteiger partial charge is 0.375 e. The van der Waals surface area contributed by atoms with Crippen LogP contribution in [0.15, 0.2) is 4.99 Å². The van der Waals surface area contributed by atoms with E-state index in [0.717, 1.165) is 6.40 Å². The average Bonchev–Trinajstić information content (AvgIpc) is 2.06. The van der Waals surface area contributed by atoms with Crippen LogP contribution in [-0.2, 0) is 9.39 Å². The molecular weight excluding hydrogens is 155 g/mol. The highest BCUT2D eigenvalue weighted by Crippen LogP contribution is 1.92. The van der Waals surface area contributed by atoms with Crippen LogP contribution in [-0.4, -0.2) is 33.7 Å². The predicted octanol–water partition coefficient (Wildman–Crippen LogP) is 0.434. The van der Waals surface area contributed by atoms with Gasteiger partial charge >= 0.3 is 8.05 Å². The van der Waals surface area contributed by atoms with E-state index in [4.69, 9.17) is 18.0 Å². The van der Waals surface area contributed by atoms with Crippen molar-refractivity contribution in [3.8, 4) is 6.07 Å². The van der Waals surface area contributed by atoms with Crippen molar-refractivity contribution in [3.05, 3.63) is 0 Å². The SMILES string of the molecule is [B]OC=NC[C@@H](C)OCCC#N. The zero-order chi connectivity index (χ0) is 9.23. The minimum Gasteiger partial charge on any atom is -0.560 e. The van der Waals surface area contributed by atoms with Gasteiger partial charge in [-0.05, 0) is 6.92 Å². The van der Waals surface area contributed by atoms with Gasteiger partial charge < -0.3 is 9.39 Å². The summed E-state index contributed by atoms with van der Waals surface area (Å²) < 4.78 is 9.31. The maximum absolute atomic E-state index is 8.20. The van der Waals surface area contributed by atoms with Crippen LogP contribution in [0.4, 0.5) is 0 Å². The van der Waals surface area contributed by atoms with Crippen molar-refractivity contribution in [2.45, 2.75) is 19.4 Å². The van der Waals surface area contributed by atoms with Gasteiger partial charge in [0.25, 0.3) is 0 Å². The lowest BCUT2D eigenvalue weighted by atomic mass is 10.4. The van der Waals surface area contributed by atoms with Gasteiger partial charge in [0.05, 0.1) is 31.7 Å². The predicted molar refractivity (Wildman–Crippen MR) is 45.8 cm³/mol. The van der Waals surface area contributed by atoms with Gasteiger partial charge in [-0.25, -0.2) is 0 Å². The molecule has 0 N–H and O–H groups in total. The zero-order valence-electron chi connectivity index (χ0n) is 7.06. The quantitative estimate of drug-likeness (QED) is 0.249. The van der Waals surface area contributed by atoms with Crippen LogP contribution in [0, 0.1) is 11.3 Å². The minimum absolute atomic E-state index is 0.00949. The van der Waals surface area contributed by atoms with E-state index >= 15 is 0 Å². The van der Waals surface area contributed by atoms with Gasteiger partial charge in [-0.2, -0.15) is 5.26 Å². The molecule has 0 bridgehead atoms. The van der Waals surface area contributed by atoms with Crippen molar-refractivity contribution in [1.82, 2.24) is 0 Å². The first kappa shape index (κ1) is 11.0. The molecule has 0 aliphatic carbocycles. The van der Waals surface area contributed by atoms with Gasteiger partial charge in [0.15, 0.2) is 0 Å². The number of aliphatic imine (C=N–C) groups is 1. The van der Waals surface area contributed by atoms with E-state index in [0.29, 0.717) is 19.6 Å². The van der Waals surface area contributed by atoms with Crippen LogP contribution in [0.5, 0.6) is 0 Å². The molecule has 4 nitrogen and oxygen atoms in total. The van der Waals surface area contributed by atoms with E-state index in [1.807, 2.05) is 13.0 Å². The van der Waals surface area contributed by atoms with Gasteiger partial charge in [-0.15, -0.1) is 0 Å².